The zero-order chi connectivity index (χ0) is 12.1. The highest BCUT2D eigenvalue weighted by molar-refractivity contribution is 9.11. The number of hydrogen-bond acceptors (Lipinski definition) is 3. The van der Waals surface area contributed by atoms with E-state index in [-0.39, 0.29) is 0 Å². The molecule has 1 aromatic rings. The Bertz CT molecular complexity index is 387. The molecule has 0 spiro atoms. The van der Waals surface area contributed by atoms with E-state index in [0.29, 0.717) is 6.04 Å². The monoisotopic (exact) mass is 314 g/mol. The Morgan fingerprint density at radius 2 is 2.24 bits per heavy atom. The number of allylic oxidation sites excluding steroid dienone is 1. The van der Waals surface area contributed by atoms with Gasteiger partial charge in [-0.25, -0.2) is 0 Å². The van der Waals surface area contributed by atoms with Gasteiger partial charge in [0.25, 0.3) is 0 Å². The molecule has 1 aliphatic carbocycles. The number of nitrogens with two attached hydrogens (primary N) is 1. The molecule has 0 fully saturated rings. The summed E-state index contributed by atoms with van der Waals surface area (Å²) in [6, 6.07) is 4.65. The van der Waals surface area contributed by atoms with Crippen molar-refractivity contribution < 1.29 is 0 Å². The van der Waals surface area contributed by atoms with Crippen LogP contribution >= 0.6 is 27.3 Å². The van der Waals surface area contributed by atoms with Crippen molar-refractivity contribution in [3.05, 3.63) is 32.4 Å². The first kappa shape index (κ1) is 13.3. The van der Waals surface area contributed by atoms with Gasteiger partial charge in [-0.05, 0) is 66.6 Å². The third-order valence-electron chi connectivity index (χ3n) is 3.21. The molecule has 1 aliphatic rings. The van der Waals surface area contributed by atoms with Gasteiger partial charge in [-0.3, -0.25) is 11.3 Å². The molecule has 0 amide bonds. The van der Waals surface area contributed by atoms with Crippen molar-refractivity contribution >= 4 is 27.3 Å². The van der Waals surface area contributed by atoms with Crippen LogP contribution in [0.3, 0.4) is 0 Å². The van der Waals surface area contributed by atoms with Gasteiger partial charge in [0.1, 0.15) is 0 Å². The first-order valence-corrected chi connectivity index (χ1v) is 7.77. The van der Waals surface area contributed by atoms with E-state index in [0.717, 1.165) is 12.8 Å². The molecule has 1 unspecified atom stereocenters. The number of nitrogens with one attached hydrogen (secondary N) is 1. The molecular weight excluding hydrogens is 296 g/mol. The predicted octanol–water partition coefficient (Wildman–Crippen LogP) is 3.78. The Hall–Kier alpha value is -0.160. The Morgan fingerprint density at radius 3 is 2.82 bits per heavy atom. The van der Waals surface area contributed by atoms with Gasteiger partial charge in [-0.2, -0.15) is 0 Å². The van der Waals surface area contributed by atoms with Gasteiger partial charge in [0.05, 0.1) is 3.79 Å². The second-order valence-corrected chi connectivity index (χ2v) is 7.13. The highest BCUT2D eigenvalue weighted by Crippen LogP contribution is 2.26. The van der Waals surface area contributed by atoms with E-state index in [1.54, 1.807) is 16.9 Å². The van der Waals surface area contributed by atoms with Gasteiger partial charge in [-0.15, -0.1) is 11.3 Å². The first-order valence-electron chi connectivity index (χ1n) is 6.16. The summed E-state index contributed by atoms with van der Waals surface area (Å²) in [6.07, 6.45) is 9.70. The summed E-state index contributed by atoms with van der Waals surface area (Å²) in [5, 5.41) is 0. The molecule has 0 radical (unpaired) electrons. The van der Waals surface area contributed by atoms with E-state index in [1.165, 1.54) is 34.3 Å². The predicted molar refractivity (Wildman–Crippen MR) is 78.0 cm³/mol. The van der Waals surface area contributed by atoms with Crippen LogP contribution in [0, 0.1) is 0 Å². The normalized spacial score (nSPS) is 17.9. The smallest absolute Gasteiger partial charge is 0.0701 e. The minimum atomic E-state index is 0.366. The van der Waals surface area contributed by atoms with Crippen LogP contribution < -0.4 is 11.3 Å². The van der Waals surface area contributed by atoms with Crippen molar-refractivity contribution in [2.45, 2.75) is 44.6 Å². The van der Waals surface area contributed by atoms with Gasteiger partial charge >= 0.3 is 0 Å². The molecule has 1 heterocycles. The average Bonchev–Trinajstić information content (AvgIpc) is 2.75. The summed E-state index contributed by atoms with van der Waals surface area (Å²) in [4.78, 5) is 1.39. The van der Waals surface area contributed by atoms with E-state index < -0.39 is 0 Å². The molecule has 0 aromatic carbocycles. The van der Waals surface area contributed by atoms with Crippen molar-refractivity contribution in [3.8, 4) is 0 Å². The summed E-state index contributed by atoms with van der Waals surface area (Å²) >= 11 is 5.29. The highest BCUT2D eigenvalue weighted by Gasteiger charge is 2.13. The SMILES string of the molecule is NNC(CC1=CCCCC1)Cc1ccc(Br)s1. The summed E-state index contributed by atoms with van der Waals surface area (Å²) in [5.74, 6) is 5.66. The van der Waals surface area contributed by atoms with Crippen LogP contribution in [0.25, 0.3) is 0 Å². The molecule has 0 bridgehead atoms. The van der Waals surface area contributed by atoms with Crippen molar-refractivity contribution in [1.29, 1.82) is 0 Å². The standard InChI is InChI=1S/C13H19BrN2S/c14-13-7-6-12(17-13)9-11(16-15)8-10-4-2-1-3-5-10/h4,6-7,11,16H,1-3,5,8-9,15H2. The number of hydrogen-bond donors (Lipinski definition) is 2. The Morgan fingerprint density at radius 1 is 1.35 bits per heavy atom. The average molecular weight is 315 g/mol. The maximum atomic E-state index is 5.66. The lowest BCUT2D eigenvalue weighted by Gasteiger charge is -2.19. The number of thiophene rings is 1. The molecule has 0 aliphatic heterocycles. The van der Waals surface area contributed by atoms with E-state index in [1.807, 2.05) is 0 Å². The number of halogens is 1. The van der Waals surface area contributed by atoms with Gasteiger partial charge < -0.3 is 0 Å². The quantitative estimate of drug-likeness (QED) is 0.493. The van der Waals surface area contributed by atoms with Crippen molar-refractivity contribution in [1.82, 2.24) is 5.43 Å². The maximum absolute atomic E-state index is 5.66. The molecule has 0 saturated carbocycles. The second-order valence-electron chi connectivity index (χ2n) is 4.59. The molecular formula is C13H19BrN2S. The molecule has 17 heavy (non-hydrogen) atoms. The zero-order valence-electron chi connectivity index (χ0n) is 9.92. The van der Waals surface area contributed by atoms with Crippen LogP contribution in [0.15, 0.2) is 27.6 Å². The van der Waals surface area contributed by atoms with Crippen LogP contribution in [0.1, 0.15) is 37.0 Å². The van der Waals surface area contributed by atoms with Crippen LogP contribution in [-0.4, -0.2) is 6.04 Å². The van der Waals surface area contributed by atoms with Gasteiger partial charge in [0.15, 0.2) is 0 Å². The Labute approximate surface area is 115 Å². The molecule has 94 valence electrons. The lowest BCUT2D eigenvalue weighted by molar-refractivity contribution is 0.507. The molecule has 1 aromatic heterocycles. The highest BCUT2D eigenvalue weighted by atomic mass is 79.9. The molecule has 2 rings (SSSR count). The fourth-order valence-electron chi connectivity index (χ4n) is 2.30. The third-order valence-corrected chi connectivity index (χ3v) is 4.85. The fraction of sp³-hybridized carbons (Fsp3) is 0.538. The fourth-order valence-corrected chi connectivity index (χ4v) is 3.86. The minimum absolute atomic E-state index is 0.366. The second kappa shape index (κ2) is 6.69. The number of hydrazine groups is 1. The van der Waals surface area contributed by atoms with Crippen LogP contribution in [0.5, 0.6) is 0 Å². The topological polar surface area (TPSA) is 38.0 Å². The largest absolute Gasteiger partial charge is 0.271 e. The zero-order valence-corrected chi connectivity index (χ0v) is 12.3. The van der Waals surface area contributed by atoms with Crippen LogP contribution in [0.4, 0.5) is 0 Å². The Kier molecular flexibility index (Phi) is 5.22. The maximum Gasteiger partial charge on any atom is 0.0701 e. The van der Waals surface area contributed by atoms with E-state index in [2.05, 4.69) is 39.6 Å². The lowest BCUT2D eigenvalue weighted by Crippen LogP contribution is -2.37. The van der Waals surface area contributed by atoms with E-state index >= 15 is 0 Å². The van der Waals surface area contributed by atoms with Gasteiger partial charge in [0.2, 0.25) is 0 Å². The van der Waals surface area contributed by atoms with E-state index in [4.69, 9.17) is 5.84 Å². The van der Waals surface area contributed by atoms with Crippen LogP contribution in [0.2, 0.25) is 0 Å². The molecule has 1 atom stereocenters. The molecule has 4 heteroatoms. The number of rotatable bonds is 5. The lowest BCUT2D eigenvalue weighted by atomic mass is 9.93. The van der Waals surface area contributed by atoms with Crippen molar-refractivity contribution in [2.75, 3.05) is 0 Å². The van der Waals surface area contributed by atoms with Crippen LogP contribution in [-0.2, 0) is 6.42 Å². The summed E-state index contributed by atoms with van der Waals surface area (Å²) < 4.78 is 1.19. The molecule has 2 nitrogen and oxygen atoms in total. The molecule has 3 N–H and O–H groups in total. The molecule has 0 saturated heterocycles. The Balaban J connectivity index is 1.90. The van der Waals surface area contributed by atoms with Gasteiger partial charge in [-0.1, -0.05) is 11.6 Å². The van der Waals surface area contributed by atoms with Crippen molar-refractivity contribution in [2.24, 2.45) is 5.84 Å². The summed E-state index contributed by atoms with van der Waals surface area (Å²) in [6.45, 7) is 0. The van der Waals surface area contributed by atoms with Gasteiger partial charge in [0, 0.05) is 10.9 Å². The van der Waals surface area contributed by atoms with E-state index in [9.17, 15) is 0 Å². The van der Waals surface area contributed by atoms with Crippen molar-refractivity contribution in [3.63, 3.8) is 0 Å². The first-order chi connectivity index (χ1) is 8.28. The summed E-state index contributed by atoms with van der Waals surface area (Å²) in [7, 11) is 0. The minimum Gasteiger partial charge on any atom is -0.271 e. The summed E-state index contributed by atoms with van der Waals surface area (Å²) in [5.41, 5.74) is 4.54. The third kappa shape index (κ3) is 4.21.